The monoisotopic (exact) mass is 271 g/mol. The van der Waals surface area contributed by atoms with Crippen LogP contribution in [0.5, 0.6) is 0 Å². The van der Waals surface area contributed by atoms with Crippen LogP contribution in [0.3, 0.4) is 0 Å². The van der Waals surface area contributed by atoms with Gasteiger partial charge in [0.25, 0.3) is 0 Å². The molecule has 1 aromatic carbocycles. The molecule has 108 valence electrons. The third kappa shape index (κ3) is 2.74. The highest BCUT2D eigenvalue weighted by Gasteiger charge is 2.30. The lowest BCUT2D eigenvalue weighted by Gasteiger charge is -2.25. The number of para-hydroxylation sites is 1. The molecule has 0 radical (unpaired) electrons. The SMILES string of the molecule is CC1Cc2ccccc2N1C(=O)CCC1CCCCC1. The summed E-state index contributed by atoms with van der Waals surface area (Å²) < 4.78 is 0. The summed E-state index contributed by atoms with van der Waals surface area (Å²) in [4.78, 5) is 14.6. The average molecular weight is 271 g/mol. The van der Waals surface area contributed by atoms with E-state index in [1.54, 1.807) is 0 Å². The number of rotatable bonds is 3. The van der Waals surface area contributed by atoms with Crippen LogP contribution < -0.4 is 4.90 Å². The van der Waals surface area contributed by atoms with Crippen LogP contribution in [-0.2, 0) is 11.2 Å². The van der Waals surface area contributed by atoms with Crippen molar-refractivity contribution in [1.82, 2.24) is 0 Å². The van der Waals surface area contributed by atoms with Gasteiger partial charge in [0.1, 0.15) is 0 Å². The van der Waals surface area contributed by atoms with Crippen molar-refractivity contribution in [3.05, 3.63) is 29.8 Å². The molecule has 3 rings (SSSR count). The maximum atomic E-state index is 12.6. The molecule has 1 fully saturated rings. The molecule has 1 saturated carbocycles. The molecular formula is C18H25NO. The van der Waals surface area contributed by atoms with Crippen molar-refractivity contribution in [2.45, 2.75) is 64.3 Å². The van der Waals surface area contributed by atoms with Gasteiger partial charge in [0.05, 0.1) is 0 Å². The third-order valence-corrected chi connectivity index (χ3v) is 4.97. The summed E-state index contributed by atoms with van der Waals surface area (Å²) in [5.74, 6) is 1.12. The van der Waals surface area contributed by atoms with E-state index in [-0.39, 0.29) is 0 Å². The van der Waals surface area contributed by atoms with Gasteiger partial charge in [-0.3, -0.25) is 4.79 Å². The van der Waals surface area contributed by atoms with Gasteiger partial charge in [-0.1, -0.05) is 50.3 Å². The van der Waals surface area contributed by atoms with Gasteiger partial charge in [-0.2, -0.15) is 0 Å². The second-order valence-corrected chi connectivity index (χ2v) is 6.49. The van der Waals surface area contributed by atoms with E-state index in [4.69, 9.17) is 0 Å². The van der Waals surface area contributed by atoms with E-state index in [0.29, 0.717) is 11.9 Å². The van der Waals surface area contributed by atoms with Gasteiger partial charge >= 0.3 is 0 Å². The Morgan fingerprint density at radius 3 is 2.75 bits per heavy atom. The largest absolute Gasteiger partial charge is 0.309 e. The van der Waals surface area contributed by atoms with Crippen LogP contribution in [0.1, 0.15) is 57.4 Å². The Morgan fingerprint density at radius 1 is 1.20 bits per heavy atom. The van der Waals surface area contributed by atoms with Crippen LogP contribution in [0.2, 0.25) is 0 Å². The maximum absolute atomic E-state index is 12.6. The molecule has 1 aliphatic heterocycles. The first-order valence-corrected chi connectivity index (χ1v) is 8.15. The van der Waals surface area contributed by atoms with Crippen LogP contribution >= 0.6 is 0 Å². The molecule has 20 heavy (non-hydrogen) atoms. The summed E-state index contributed by atoms with van der Waals surface area (Å²) in [7, 11) is 0. The number of nitrogens with zero attached hydrogens (tertiary/aromatic N) is 1. The number of carbonyl (C=O) groups excluding carboxylic acids is 1. The maximum Gasteiger partial charge on any atom is 0.227 e. The highest BCUT2D eigenvalue weighted by Crippen LogP contribution is 2.33. The van der Waals surface area contributed by atoms with Crippen LogP contribution in [0.15, 0.2) is 24.3 Å². The predicted octanol–water partition coefficient (Wildman–Crippen LogP) is 4.32. The first-order valence-electron chi connectivity index (χ1n) is 8.15. The summed E-state index contributed by atoms with van der Waals surface area (Å²) in [5, 5.41) is 0. The standard InChI is InChI=1S/C18H25NO/c1-14-13-16-9-5-6-10-17(16)19(14)18(20)12-11-15-7-3-2-4-8-15/h5-6,9-10,14-15H,2-4,7-8,11-13H2,1H3. The fourth-order valence-electron chi connectivity index (χ4n) is 3.87. The molecule has 0 aromatic heterocycles. The fraction of sp³-hybridized carbons (Fsp3) is 0.611. The molecule has 0 bridgehead atoms. The second-order valence-electron chi connectivity index (χ2n) is 6.49. The molecule has 1 atom stereocenters. The minimum absolute atomic E-state index is 0.325. The van der Waals surface area contributed by atoms with Crippen LogP contribution in [0.4, 0.5) is 5.69 Å². The number of fused-ring (bicyclic) bond motifs is 1. The molecule has 2 nitrogen and oxygen atoms in total. The van der Waals surface area contributed by atoms with Crippen LogP contribution in [0.25, 0.3) is 0 Å². The lowest BCUT2D eigenvalue weighted by atomic mass is 9.86. The van der Waals surface area contributed by atoms with Crippen LogP contribution in [0, 0.1) is 5.92 Å². The fourth-order valence-corrected chi connectivity index (χ4v) is 3.87. The van der Waals surface area contributed by atoms with E-state index in [9.17, 15) is 4.79 Å². The zero-order valence-corrected chi connectivity index (χ0v) is 12.5. The molecule has 1 aromatic rings. The lowest BCUT2D eigenvalue weighted by Crippen LogP contribution is -2.35. The molecule has 0 saturated heterocycles. The minimum Gasteiger partial charge on any atom is -0.309 e. The molecule has 2 heteroatoms. The zero-order chi connectivity index (χ0) is 13.9. The smallest absolute Gasteiger partial charge is 0.227 e. The molecule has 1 aliphatic carbocycles. The Kier molecular flexibility index (Phi) is 4.09. The van der Waals surface area contributed by atoms with Gasteiger partial charge in [0.2, 0.25) is 5.91 Å². The van der Waals surface area contributed by atoms with Gasteiger partial charge in [-0.15, -0.1) is 0 Å². The quantitative estimate of drug-likeness (QED) is 0.801. The van der Waals surface area contributed by atoms with Gasteiger partial charge in [0.15, 0.2) is 0 Å². The number of carbonyl (C=O) groups is 1. The second kappa shape index (κ2) is 5.99. The van der Waals surface area contributed by atoms with Crippen molar-refractivity contribution in [2.75, 3.05) is 4.90 Å². The van der Waals surface area contributed by atoms with Crippen molar-refractivity contribution in [2.24, 2.45) is 5.92 Å². The van der Waals surface area contributed by atoms with Crippen LogP contribution in [-0.4, -0.2) is 11.9 Å². The normalized spacial score (nSPS) is 22.9. The summed E-state index contributed by atoms with van der Waals surface area (Å²) in [5.41, 5.74) is 2.47. The average Bonchev–Trinajstić information content (AvgIpc) is 2.82. The van der Waals surface area contributed by atoms with Gasteiger partial charge in [-0.25, -0.2) is 0 Å². The van der Waals surface area contributed by atoms with Crippen molar-refractivity contribution >= 4 is 11.6 Å². The lowest BCUT2D eigenvalue weighted by molar-refractivity contribution is -0.119. The zero-order valence-electron chi connectivity index (χ0n) is 12.5. The van der Waals surface area contributed by atoms with Crippen molar-refractivity contribution in [1.29, 1.82) is 0 Å². The topological polar surface area (TPSA) is 20.3 Å². The van der Waals surface area contributed by atoms with Gasteiger partial charge < -0.3 is 4.90 Å². The molecule has 2 aliphatic rings. The molecule has 1 heterocycles. The van der Waals surface area contributed by atoms with Crippen molar-refractivity contribution < 1.29 is 4.79 Å². The highest BCUT2D eigenvalue weighted by molar-refractivity contribution is 5.96. The Hall–Kier alpha value is -1.31. The Balaban J connectivity index is 1.62. The number of amides is 1. The van der Waals surface area contributed by atoms with Crippen molar-refractivity contribution in [3.63, 3.8) is 0 Å². The summed E-state index contributed by atoms with van der Waals surface area (Å²) in [6, 6.07) is 8.68. The number of benzene rings is 1. The Labute approximate surface area is 122 Å². The number of hydrogen-bond donors (Lipinski definition) is 0. The molecule has 0 N–H and O–H groups in total. The van der Waals surface area contributed by atoms with E-state index in [0.717, 1.165) is 30.9 Å². The molecule has 1 unspecified atom stereocenters. The van der Waals surface area contributed by atoms with Gasteiger partial charge in [0, 0.05) is 18.2 Å². The van der Waals surface area contributed by atoms with E-state index < -0.39 is 0 Å². The minimum atomic E-state index is 0.325. The van der Waals surface area contributed by atoms with E-state index >= 15 is 0 Å². The number of anilines is 1. The predicted molar refractivity (Wildman–Crippen MR) is 82.9 cm³/mol. The van der Waals surface area contributed by atoms with Crippen molar-refractivity contribution in [3.8, 4) is 0 Å². The van der Waals surface area contributed by atoms with E-state index in [2.05, 4.69) is 25.1 Å². The molecule has 1 amide bonds. The Bertz CT molecular complexity index is 476. The third-order valence-electron chi connectivity index (χ3n) is 4.97. The summed E-state index contributed by atoms with van der Waals surface area (Å²) >= 11 is 0. The first-order chi connectivity index (χ1) is 9.75. The summed E-state index contributed by atoms with van der Waals surface area (Å²) in [6.45, 7) is 2.17. The Morgan fingerprint density at radius 2 is 1.95 bits per heavy atom. The molecular weight excluding hydrogens is 246 g/mol. The summed E-state index contributed by atoms with van der Waals surface area (Å²) in [6.07, 6.45) is 9.60. The number of hydrogen-bond acceptors (Lipinski definition) is 1. The first kappa shape index (κ1) is 13.7. The highest BCUT2D eigenvalue weighted by atomic mass is 16.2. The van der Waals surface area contributed by atoms with E-state index in [1.165, 1.54) is 37.7 Å². The van der Waals surface area contributed by atoms with E-state index in [1.807, 2.05) is 11.0 Å². The van der Waals surface area contributed by atoms with Gasteiger partial charge in [-0.05, 0) is 37.3 Å². The molecule has 0 spiro atoms.